The first-order valence-electron chi connectivity index (χ1n) is 4.18. The third-order valence-electron chi connectivity index (χ3n) is 2.05. The van der Waals surface area contributed by atoms with Crippen molar-refractivity contribution in [1.82, 2.24) is 4.98 Å². The van der Waals surface area contributed by atoms with Crippen molar-refractivity contribution in [1.29, 1.82) is 0 Å². The molecule has 0 fully saturated rings. The molecule has 2 aromatic rings. The van der Waals surface area contributed by atoms with E-state index >= 15 is 0 Å². The van der Waals surface area contributed by atoms with Crippen molar-refractivity contribution >= 4 is 44.4 Å². The molecule has 15 heavy (non-hydrogen) atoms. The van der Waals surface area contributed by atoms with Gasteiger partial charge in [-0.15, -0.1) is 0 Å². The predicted molar refractivity (Wildman–Crippen MR) is 62.3 cm³/mol. The number of rotatable bonds is 1. The Kier molecular flexibility index (Phi) is 2.71. The summed E-state index contributed by atoms with van der Waals surface area (Å²) in [7, 11) is 1.34. The number of halogens is 2. The highest BCUT2D eigenvalue weighted by atomic mass is 79.9. The van der Waals surface area contributed by atoms with Gasteiger partial charge < -0.3 is 9.72 Å². The SMILES string of the molecule is COC(=O)c1cc2cc(Br)cc(Cl)c2[nH]1. The van der Waals surface area contributed by atoms with Gasteiger partial charge in [-0.3, -0.25) is 0 Å². The molecule has 0 aliphatic heterocycles. The summed E-state index contributed by atoms with van der Waals surface area (Å²) in [6.07, 6.45) is 0. The lowest BCUT2D eigenvalue weighted by Gasteiger charge is -1.95. The molecule has 78 valence electrons. The van der Waals surface area contributed by atoms with Crippen molar-refractivity contribution < 1.29 is 9.53 Å². The number of nitrogens with one attached hydrogen (secondary N) is 1. The number of ether oxygens (including phenoxy) is 1. The van der Waals surface area contributed by atoms with E-state index < -0.39 is 5.97 Å². The minimum atomic E-state index is -0.404. The number of H-pyrrole nitrogens is 1. The van der Waals surface area contributed by atoms with Gasteiger partial charge in [0, 0.05) is 9.86 Å². The second-order valence-corrected chi connectivity index (χ2v) is 4.35. The summed E-state index contributed by atoms with van der Waals surface area (Å²) in [5.74, 6) is -0.404. The molecule has 0 saturated carbocycles. The molecule has 2 rings (SSSR count). The van der Waals surface area contributed by atoms with Crippen molar-refractivity contribution in [3.63, 3.8) is 0 Å². The zero-order chi connectivity index (χ0) is 11.0. The van der Waals surface area contributed by atoms with Crippen LogP contribution in [-0.2, 0) is 4.74 Å². The van der Waals surface area contributed by atoms with Crippen molar-refractivity contribution in [2.75, 3.05) is 7.11 Å². The monoisotopic (exact) mass is 287 g/mol. The van der Waals surface area contributed by atoms with Crippen LogP contribution < -0.4 is 0 Å². The Labute approximate surface area is 99.5 Å². The van der Waals surface area contributed by atoms with Gasteiger partial charge in [-0.1, -0.05) is 27.5 Å². The number of hydrogen-bond acceptors (Lipinski definition) is 2. The Morgan fingerprint density at radius 2 is 2.20 bits per heavy atom. The predicted octanol–water partition coefficient (Wildman–Crippen LogP) is 3.37. The average Bonchev–Trinajstić information content (AvgIpc) is 2.60. The number of aromatic nitrogens is 1. The highest BCUT2D eigenvalue weighted by Gasteiger charge is 2.11. The summed E-state index contributed by atoms with van der Waals surface area (Å²) in [4.78, 5) is 14.2. The number of hydrogen-bond donors (Lipinski definition) is 1. The van der Waals surface area contributed by atoms with Gasteiger partial charge >= 0.3 is 5.97 Å². The number of fused-ring (bicyclic) bond motifs is 1. The normalized spacial score (nSPS) is 10.6. The largest absolute Gasteiger partial charge is 0.464 e. The molecule has 5 heteroatoms. The van der Waals surface area contributed by atoms with Crippen LogP contribution in [0.15, 0.2) is 22.7 Å². The molecule has 0 unspecified atom stereocenters. The first kappa shape index (κ1) is 10.5. The maximum Gasteiger partial charge on any atom is 0.354 e. The van der Waals surface area contributed by atoms with Gasteiger partial charge in [0.15, 0.2) is 0 Å². The number of esters is 1. The van der Waals surface area contributed by atoms with Gasteiger partial charge in [-0.25, -0.2) is 4.79 Å². The van der Waals surface area contributed by atoms with Gasteiger partial charge in [0.25, 0.3) is 0 Å². The molecule has 3 nitrogen and oxygen atoms in total. The Morgan fingerprint density at radius 1 is 1.47 bits per heavy atom. The van der Waals surface area contributed by atoms with E-state index in [9.17, 15) is 4.79 Å². The number of carbonyl (C=O) groups excluding carboxylic acids is 1. The lowest BCUT2D eigenvalue weighted by atomic mass is 10.2. The van der Waals surface area contributed by atoms with E-state index in [1.165, 1.54) is 7.11 Å². The Morgan fingerprint density at radius 3 is 2.87 bits per heavy atom. The van der Waals surface area contributed by atoms with E-state index in [0.29, 0.717) is 10.7 Å². The lowest BCUT2D eigenvalue weighted by Crippen LogP contribution is -2.00. The molecule has 0 atom stereocenters. The number of methoxy groups -OCH3 is 1. The Bertz CT molecular complexity index is 535. The van der Waals surface area contributed by atoms with Crippen LogP contribution >= 0.6 is 27.5 Å². The number of aromatic amines is 1. The molecule has 0 saturated heterocycles. The van der Waals surface area contributed by atoms with E-state index in [1.54, 1.807) is 12.1 Å². The summed E-state index contributed by atoms with van der Waals surface area (Å²) < 4.78 is 5.48. The van der Waals surface area contributed by atoms with Crippen molar-refractivity contribution in [2.45, 2.75) is 0 Å². The summed E-state index contributed by atoms with van der Waals surface area (Å²) in [6, 6.07) is 5.35. The zero-order valence-corrected chi connectivity index (χ0v) is 10.1. The molecule has 0 bridgehead atoms. The van der Waals surface area contributed by atoms with Crippen LogP contribution in [0.2, 0.25) is 5.02 Å². The second kappa shape index (κ2) is 3.87. The maximum absolute atomic E-state index is 11.3. The second-order valence-electron chi connectivity index (χ2n) is 3.03. The first-order valence-corrected chi connectivity index (χ1v) is 5.35. The topological polar surface area (TPSA) is 42.1 Å². The van der Waals surface area contributed by atoms with Crippen molar-refractivity contribution in [3.8, 4) is 0 Å². The summed E-state index contributed by atoms with van der Waals surface area (Å²) in [5.41, 5.74) is 1.13. The van der Waals surface area contributed by atoms with Crippen molar-refractivity contribution in [2.24, 2.45) is 0 Å². The fraction of sp³-hybridized carbons (Fsp3) is 0.100. The van der Waals surface area contributed by atoms with E-state index in [1.807, 2.05) is 6.07 Å². The van der Waals surface area contributed by atoms with Crippen LogP contribution in [0.25, 0.3) is 10.9 Å². The molecule has 0 aliphatic carbocycles. The van der Waals surface area contributed by atoms with E-state index in [-0.39, 0.29) is 0 Å². The van der Waals surface area contributed by atoms with Crippen LogP contribution in [-0.4, -0.2) is 18.1 Å². The quantitative estimate of drug-likeness (QED) is 0.818. The zero-order valence-electron chi connectivity index (χ0n) is 7.80. The van der Waals surface area contributed by atoms with Gasteiger partial charge in [-0.05, 0) is 18.2 Å². The molecular weight excluding hydrogens is 281 g/mol. The standard InChI is InChI=1S/C10H7BrClNO2/c1-15-10(14)8-3-5-2-6(11)4-7(12)9(5)13-8/h2-4,13H,1H3. The summed E-state index contributed by atoms with van der Waals surface area (Å²) in [6.45, 7) is 0. The highest BCUT2D eigenvalue weighted by molar-refractivity contribution is 9.10. The lowest BCUT2D eigenvalue weighted by molar-refractivity contribution is 0.0595. The van der Waals surface area contributed by atoms with Gasteiger partial charge in [0.2, 0.25) is 0 Å². The first-order chi connectivity index (χ1) is 7.11. The van der Waals surface area contributed by atoms with Gasteiger partial charge in [-0.2, -0.15) is 0 Å². The molecule has 1 aromatic carbocycles. The van der Waals surface area contributed by atoms with Gasteiger partial charge in [0.05, 0.1) is 17.6 Å². The molecule has 1 N–H and O–H groups in total. The number of carbonyl (C=O) groups is 1. The summed E-state index contributed by atoms with van der Waals surface area (Å²) >= 11 is 9.34. The molecular formula is C10H7BrClNO2. The van der Waals surface area contributed by atoms with Crippen LogP contribution in [0, 0.1) is 0 Å². The minimum absolute atomic E-state index is 0.396. The molecule has 0 spiro atoms. The van der Waals surface area contributed by atoms with E-state index in [2.05, 4.69) is 25.7 Å². The fourth-order valence-corrected chi connectivity index (χ4v) is 2.27. The molecule has 0 aliphatic rings. The molecule has 0 amide bonds. The Balaban J connectivity index is 2.65. The molecule has 1 aromatic heterocycles. The molecule has 0 radical (unpaired) electrons. The smallest absolute Gasteiger partial charge is 0.354 e. The van der Waals surface area contributed by atoms with Crippen LogP contribution in [0.3, 0.4) is 0 Å². The van der Waals surface area contributed by atoms with E-state index in [0.717, 1.165) is 15.4 Å². The van der Waals surface area contributed by atoms with Crippen LogP contribution in [0.1, 0.15) is 10.5 Å². The van der Waals surface area contributed by atoms with Crippen LogP contribution in [0.5, 0.6) is 0 Å². The fourth-order valence-electron chi connectivity index (χ4n) is 1.39. The Hall–Kier alpha value is -1.00. The third-order valence-corrected chi connectivity index (χ3v) is 2.81. The average molecular weight is 289 g/mol. The minimum Gasteiger partial charge on any atom is -0.464 e. The van der Waals surface area contributed by atoms with Crippen molar-refractivity contribution in [3.05, 3.63) is 33.4 Å². The number of benzene rings is 1. The van der Waals surface area contributed by atoms with E-state index in [4.69, 9.17) is 11.6 Å². The maximum atomic E-state index is 11.3. The third kappa shape index (κ3) is 1.87. The van der Waals surface area contributed by atoms with Gasteiger partial charge in [0.1, 0.15) is 5.69 Å². The summed E-state index contributed by atoms with van der Waals surface area (Å²) in [5, 5.41) is 1.43. The molecule has 1 heterocycles. The highest BCUT2D eigenvalue weighted by Crippen LogP contribution is 2.28. The van der Waals surface area contributed by atoms with Crippen LogP contribution in [0.4, 0.5) is 0 Å².